The minimum Gasteiger partial charge on any atom is -0.508 e. The third kappa shape index (κ3) is 4.58. The van der Waals surface area contributed by atoms with E-state index in [-0.39, 0.29) is 5.56 Å². The Hall–Kier alpha value is -2.98. The lowest BCUT2D eigenvalue weighted by atomic mass is 9.84. The van der Waals surface area contributed by atoms with Crippen molar-refractivity contribution in [1.29, 1.82) is 0 Å². The van der Waals surface area contributed by atoms with Gasteiger partial charge in [-0.15, -0.1) is 0 Å². The van der Waals surface area contributed by atoms with Crippen molar-refractivity contribution in [2.45, 2.75) is 37.6 Å². The van der Waals surface area contributed by atoms with Crippen molar-refractivity contribution >= 4 is 16.6 Å². The van der Waals surface area contributed by atoms with Crippen LogP contribution >= 0.6 is 0 Å². The molecule has 1 aliphatic rings. The van der Waals surface area contributed by atoms with Gasteiger partial charge in [0, 0.05) is 24.0 Å². The second-order valence-corrected chi connectivity index (χ2v) is 8.59. The number of fused-ring (bicyclic) bond motifs is 1. The van der Waals surface area contributed by atoms with Crippen molar-refractivity contribution < 1.29 is 27.8 Å². The zero-order chi connectivity index (χ0) is 24.0. The van der Waals surface area contributed by atoms with Gasteiger partial charge in [0.2, 0.25) is 0 Å². The summed E-state index contributed by atoms with van der Waals surface area (Å²) in [6.07, 6.45) is -2.43. The van der Waals surface area contributed by atoms with Crippen molar-refractivity contribution in [3.63, 3.8) is 0 Å². The molecule has 1 saturated heterocycles. The number of halogens is 4. The number of rotatable bonds is 4. The molecule has 4 rings (SSSR count). The number of phenols is 1. The second-order valence-electron chi connectivity index (χ2n) is 8.59. The Morgan fingerprint density at radius 3 is 2.52 bits per heavy atom. The molecule has 3 aromatic rings. The molecular formula is C23H24F4N4O2. The summed E-state index contributed by atoms with van der Waals surface area (Å²) in [5, 5.41) is 32.5. The van der Waals surface area contributed by atoms with Crippen LogP contribution in [0.2, 0.25) is 0 Å². The molecule has 0 saturated carbocycles. The number of aliphatic hydroxyl groups is 1. The van der Waals surface area contributed by atoms with Crippen LogP contribution in [0.5, 0.6) is 5.75 Å². The van der Waals surface area contributed by atoms with E-state index in [4.69, 9.17) is 0 Å². The minimum absolute atomic E-state index is 0.336. The van der Waals surface area contributed by atoms with Crippen LogP contribution in [0.1, 0.15) is 42.5 Å². The molecular weight excluding hydrogens is 440 g/mol. The van der Waals surface area contributed by atoms with Gasteiger partial charge in [-0.25, -0.2) is 4.39 Å². The van der Waals surface area contributed by atoms with Gasteiger partial charge in [-0.1, -0.05) is 6.07 Å². The Labute approximate surface area is 187 Å². The zero-order valence-corrected chi connectivity index (χ0v) is 18.1. The zero-order valence-electron chi connectivity index (χ0n) is 18.1. The first-order valence-corrected chi connectivity index (χ1v) is 10.5. The van der Waals surface area contributed by atoms with Crippen LogP contribution in [0.15, 0.2) is 36.5 Å². The number of benzene rings is 2. The molecule has 0 amide bonds. The van der Waals surface area contributed by atoms with Gasteiger partial charge in [-0.05, 0) is 56.6 Å². The predicted octanol–water partition coefficient (Wildman–Crippen LogP) is 4.58. The average molecular weight is 464 g/mol. The number of aromatic nitrogens is 2. The van der Waals surface area contributed by atoms with Crippen molar-refractivity contribution in [2.75, 3.05) is 25.5 Å². The number of aromatic hydroxyl groups is 1. The van der Waals surface area contributed by atoms with E-state index in [1.165, 1.54) is 13.1 Å². The van der Waals surface area contributed by atoms with E-state index in [2.05, 4.69) is 20.4 Å². The Balaban J connectivity index is 1.70. The minimum atomic E-state index is -4.94. The molecule has 6 nitrogen and oxygen atoms in total. The maximum atomic E-state index is 14.7. The van der Waals surface area contributed by atoms with Crippen LogP contribution in [0.3, 0.4) is 0 Å². The summed E-state index contributed by atoms with van der Waals surface area (Å²) >= 11 is 0. The molecule has 0 radical (unpaired) electrons. The monoisotopic (exact) mass is 464 g/mol. The molecule has 0 aliphatic carbocycles. The quantitative estimate of drug-likeness (QED) is 0.491. The van der Waals surface area contributed by atoms with E-state index in [0.29, 0.717) is 41.1 Å². The Morgan fingerprint density at radius 1 is 1.15 bits per heavy atom. The fourth-order valence-corrected chi connectivity index (χ4v) is 4.20. The fraction of sp³-hybridized carbons (Fsp3) is 0.391. The molecule has 2 heterocycles. The van der Waals surface area contributed by atoms with Gasteiger partial charge in [0.15, 0.2) is 0 Å². The standard InChI is InChI=1S/C23H24F4N4O2/c1-13(16-10-15(32)11-18(21(16)24)23(25,26)27)29-20-12-28-30-19-4-3-14(9-17(19)20)22(33)5-7-31(2)8-6-22/h3-4,9-13,32-33H,5-8H2,1-2H3,(H,29,30)/t13-/m1/s1. The van der Waals surface area contributed by atoms with Crippen molar-refractivity contribution in [3.8, 4) is 5.75 Å². The molecule has 176 valence electrons. The number of likely N-dealkylation sites (tertiary alicyclic amines) is 1. The highest BCUT2D eigenvalue weighted by molar-refractivity contribution is 5.91. The van der Waals surface area contributed by atoms with E-state index in [9.17, 15) is 27.8 Å². The van der Waals surface area contributed by atoms with Crippen LogP contribution in [-0.4, -0.2) is 45.4 Å². The van der Waals surface area contributed by atoms with Crippen molar-refractivity contribution in [3.05, 3.63) is 59.0 Å². The predicted molar refractivity (Wildman–Crippen MR) is 115 cm³/mol. The number of alkyl halides is 3. The van der Waals surface area contributed by atoms with E-state index in [1.54, 1.807) is 18.2 Å². The Bertz CT molecular complexity index is 1180. The SMILES string of the molecule is C[C@@H](Nc1cnnc2ccc(C3(O)CCN(C)CC3)cc12)c1cc(O)cc(C(F)(F)F)c1F. The van der Waals surface area contributed by atoms with Crippen LogP contribution in [0.4, 0.5) is 23.2 Å². The fourth-order valence-electron chi connectivity index (χ4n) is 4.20. The average Bonchev–Trinajstić information content (AvgIpc) is 2.76. The lowest BCUT2D eigenvalue weighted by Crippen LogP contribution is -2.40. The molecule has 10 heteroatoms. The van der Waals surface area contributed by atoms with Gasteiger partial charge in [0.25, 0.3) is 0 Å². The van der Waals surface area contributed by atoms with Gasteiger partial charge < -0.3 is 20.4 Å². The number of piperidine rings is 1. The Morgan fingerprint density at radius 2 is 1.85 bits per heavy atom. The number of hydrogen-bond acceptors (Lipinski definition) is 6. The van der Waals surface area contributed by atoms with E-state index in [0.717, 1.165) is 19.2 Å². The lowest BCUT2D eigenvalue weighted by Gasteiger charge is -2.37. The summed E-state index contributed by atoms with van der Waals surface area (Å²) in [5.41, 5.74) is -1.24. The third-order valence-electron chi connectivity index (χ3n) is 6.22. The Kier molecular flexibility index (Phi) is 5.92. The van der Waals surface area contributed by atoms with Gasteiger partial charge >= 0.3 is 6.18 Å². The van der Waals surface area contributed by atoms with Gasteiger partial charge in [0.05, 0.1) is 34.6 Å². The van der Waals surface area contributed by atoms with Crippen LogP contribution in [0.25, 0.3) is 10.9 Å². The van der Waals surface area contributed by atoms with E-state index in [1.807, 2.05) is 7.05 Å². The second kappa shape index (κ2) is 8.42. The van der Waals surface area contributed by atoms with Crippen LogP contribution in [-0.2, 0) is 11.8 Å². The highest BCUT2D eigenvalue weighted by Crippen LogP contribution is 2.39. The van der Waals surface area contributed by atoms with Gasteiger partial charge in [-0.2, -0.15) is 23.4 Å². The number of nitrogens with zero attached hydrogens (tertiary/aromatic N) is 3. The number of hydrogen-bond donors (Lipinski definition) is 3. The summed E-state index contributed by atoms with van der Waals surface area (Å²) in [6.45, 7) is 2.96. The van der Waals surface area contributed by atoms with Crippen LogP contribution in [0, 0.1) is 5.82 Å². The van der Waals surface area contributed by atoms with Crippen LogP contribution < -0.4 is 5.32 Å². The topological polar surface area (TPSA) is 81.5 Å². The normalized spacial score (nSPS) is 17.8. The van der Waals surface area contributed by atoms with E-state index < -0.39 is 34.9 Å². The summed E-state index contributed by atoms with van der Waals surface area (Å²) in [4.78, 5) is 2.13. The highest BCUT2D eigenvalue weighted by atomic mass is 19.4. The van der Waals surface area contributed by atoms with Crippen molar-refractivity contribution in [1.82, 2.24) is 15.1 Å². The molecule has 1 atom stereocenters. The molecule has 3 N–H and O–H groups in total. The number of nitrogens with one attached hydrogen (secondary N) is 1. The first-order chi connectivity index (χ1) is 15.5. The maximum Gasteiger partial charge on any atom is 0.419 e. The highest BCUT2D eigenvalue weighted by Gasteiger charge is 2.37. The molecule has 0 spiro atoms. The summed E-state index contributed by atoms with van der Waals surface area (Å²) in [6, 6.07) is 5.70. The van der Waals surface area contributed by atoms with E-state index >= 15 is 0 Å². The lowest BCUT2D eigenvalue weighted by molar-refractivity contribution is -0.140. The van der Waals surface area contributed by atoms with Gasteiger partial charge in [0.1, 0.15) is 11.6 Å². The molecule has 1 aliphatic heterocycles. The van der Waals surface area contributed by atoms with Crippen molar-refractivity contribution in [2.24, 2.45) is 0 Å². The summed E-state index contributed by atoms with van der Waals surface area (Å²) in [7, 11) is 1.99. The maximum absolute atomic E-state index is 14.7. The smallest absolute Gasteiger partial charge is 0.419 e. The molecule has 2 aromatic carbocycles. The molecule has 1 aromatic heterocycles. The first-order valence-electron chi connectivity index (χ1n) is 10.5. The summed E-state index contributed by atoms with van der Waals surface area (Å²) < 4.78 is 54.2. The molecule has 0 unspecified atom stereocenters. The third-order valence-corrected chi connectivity index (χ3v) is 6.22. The molecule has 0 bridgehead atoms. The first kappa shape index (κ1) is 23.2. The number of phenolic OH excluding ortho intramolecular Hbond substituents is 1. The molecule has 1 fully saturated rings. The molecule has 33 heavy (non-hydrogen) atoms. The summed E-state index contributed by atoms with van der Waals surface area (Å²) in [5.74, 6) is -2.13. The van der Waals surface area contributed by atoms with Gasteiger partial charge in [-0.3, -0.25) is 0 Å². The number of anilines is 1. The largest absolute Gasteiger partial charge is 0.508 e.